The van der Waals surface area contributed by atoms with Crippen molar-refractivity contribution in [3.8, 4) is 23.2 Å². The SMILES string of the molecule is COc1cccc(-c2noc(C3CCCN(C(=O)Nc4cccc(C#N)c4)C3)n2)c1. The van der Waals surface area contributed by atoms with Crippen LogP contribution in [0, 0.1) is 11.3 Å². The third-order valence-electron chi connectivity index (χ3n) is 5.07. The standard InChI is InChI=1S/C22H21N5O3/c1-29-19-9-3-6-16(12-19)20-25-21(30-26-20)17-7-4-10-27(14-17)22(28)24-18-8-2-5-15(11-18)13-23/h2-3,5-6,8-9,11-12,17H,4,7,10,14H2,1H3,(H,24,28). The molecule has 1 atom stereocenters. The molecule has 0 aliphatic carbocycles. The Labute approximate surface area is 174 Å². The van der Waals surface area contributed by atoms with E-state index in [0.717, 1.165) is 24.2 Å². The molecule has 30 heavy (non-hydrogen) atoms. The van der Waals surface area contributed by atoms with Crippen molar-refractivity contribution in [3.05, 3.63) is 60.0 Å². The number of anilines is 1. The van der Waals surface area contributed by atoms with Crippen LogP contribution in [0.4, 0.5) is 10.5 Å². The van der Waals surface area contributed by atoms with Crippen molar-refractivity contribution in [1.82, 2.24) is 15.0 Å². The van der Waals surface area contributed by atoms with E-state index in [1.807, 2.05) is 24.3 Å². The average molecular weight is 403 g/mol. The number of ether oxygens (including phenoxy) is 1. The van der Waals surface area contributed by atoms with E-state index >= 15 is 0 Å². The highest BCUT2D eigenvalue weighted by Gasteiger charge is 2.29. The monoisotopic (exact) mass is 403 g/mol. The molecular formula is C22H21N5O3. The Kier molecular flexibility index (Phi) is 5.61. The van der Waals surface area contributed by atoms with E-state index in [9.17, 15) is 4.79 Å². The normalized spacial score (nSPS) is 16.0. The third kappa shape index (κ3) is 4.25. The molecule has 0 bridgehead atoms. The molecule has 2 aromatic carbocycles. The van der Waals surface area contributed by atoms with Gasteiger partial charge in [-0.3, -0.25) is 0 Å². The quantitative estimate of drug-likeness (QED) is 0.705. The molecule has 1 fully saturated rings. The van der Waals surface area contributed by atoms with Gasteiger partial charge < -0.3 is 19.5 Å². The van der Waals surface area contributed by atoms with Crippen LogP contribution in [0.2, 0.25) is 0 Å². The Morgan fingerprint density at radius 3 is 3.00 bits per heavy atom. The highest BCUT2D eigenvalue weighted by atomic mass is 16.5. The largest absolute Gasteiger partial charge is 0.497 e. The van der Waals surface area contributed by atoms with Crippen LogP contribution >= 0.6 is 0 Å². The molecule has 0 saturated carbocycles. The molecule has 0 spiro atoms. The molecule has 1 aliphatic rings. The van der Waals surface area contributed by atoms with Crippen LogP contribution in [0.15, 0.2) is 53.1 Å². The highest BCUT2D eigenvalue weighted by molar-refractivity contribution is 5.89. The fraction of sp³-hybridized carbons (Fsp3) is 0.273. The van der Waals surface area contributed by atoms with Crippen molar-refractivity contribution in [3.63, 3.8) is 0 Å². The summed E-state index contributed by atoms with van der Waals surface area (Å²) in [5, 5.41) is 16.0. The zero-order valence-corrected chi connectivity index (χ0v) is 16.5. The molecule has 3 aromatic rings. The Morgan fingerprint density at radius 2 is 2.17 bits per heavy atom. The molecule has 1 unspecified atom stereocenters. The Morgan fingerprint density at radius 1 is 1.30 bits per heavy atom. The van der Waals surface area contributed by atoms with Gasteiger partial charge in [0, 0.05) is 24.3 Å². The van der Waals surface area contributed by atoms with Crippen LogP contribution in [-0.4, -0.2) is 41.3 Å². The molecule has 1 aliphatic heterocycles. The molecule has 152 valence electrons. The first-order valence-electron chi connectivity index (χ1n) is 9.70. The predicted molar refractivity (Wildman–Crippen MR) is 110 cm³/mol. The topological polar surface area (TPSA) is 104 Å². The van der Waals surface area contributed by atoms with Crippen molar-refractivity contribution in [2.24, 2.45) is 0 Å². The second-order valence-corrected chi connectivity index (χ2v) is 7.10. The van der Waals surface area contributed by atoms with Gasteiger partial charge in [0.15, 0.2) is 0 Å². The zero-order valence-electron chi connectivity index (χ0n) is 16.5. The molecule has 0 radical (unpaired) electrons. The van der Waals surface area contributed by atoms with Gasteiger partial charge in [-0.2, -0.15) is 10.2 Å². The minimum absolute atomic E-state index is 0.0261. The second-order valence-electron chi connectivity index (χ2n) is 7.10. The van der Waals surface area contributed by atoms with Crippen LogP contribution in [0.25, 0.3) is 11.4 Å². The van der Waals surface area contributed by atoms with Crippen molar-refractivity contribution >= 4 is 11.7 Å². The van der Waals surface area contributed by atoms with E-state index < -0.39 is 0 Å². The maximum Gasteiger partial charge on any atom is 0.321 e. The van der Waals surface area contributed by atoms with Gasteiger partial charge in [0.05, 0.1) is 24.7 Å². The third-order valence-corrected chi connectivity index (χ3v) is 5.07. The van der Waals surface area contributed by atoms with Crippen molar-refractivity contribution < 1.29 is 14.1 Å². The summed E-state index contributed by atoms with van der Waals surface area (Å²) >= 11 is 0. The van der Waals surface area contributed by atoms with Gasteiger partial charge in [-0.25, -0.2) is 4.79 Å². The summed E-state index contributed by atoms with van der Waals surface area (Å²) in [7, 11) is 1.61. The van der Waals surface area contributed by atoms with E-state index in [4.69, 9.17) is 14.5 Å². The van der Waals surface area contributed by atoms with Gasteiger partial charge in [-0.15, -0.1) is 0 Å². The number of likely N-dealkylation sites (tertiary alicyclic amines) is 1. The lowest BCUT2D eigenvalue weighted by atomic mass is 9.98. The molecule has 2 heterocycles. The number of urea groups is 1. The molecule has 1 aromatic heterocycles. The van der Waals surface area contributed by atoms with Gasteiger partial charge in [-0.05, 0) is 43.2 Å². The molecule has 2 amide bonds. The van der Waals surface area contributed by atoms with Gasteiger partial charge in [0.25, 0.3) is 0 Å². The number of nitriles is 1. The van der Waals surface area contributed by atoms with Crippen LogP contribution in [0.5, 0.6) is 5.75 Å². The fourth-order valence-corrected chi connectivity index (χ4v) is 3.51. The Hall–Kier alpha value is -3.86. The number of aromatic nitrogens is 2. The first-order valence-corrected chi connectivity index (χ1v) is 9.70. The lowest BCUT2D eigenvalue weighted by Gasteiger charge is -2.31. The van der Waals surface area contributed by atoms with Crippen LogP contribution in [-0.2, 0) is 0 Å². The molecule has 1 N–H and O–H groups in total. The smallest absolute Gasteiger partial charge is 0.321 e. The minimum atomic E-state index is -0.206. The summed E-state index contributed by atoms with van der Waals surface area (Å²) in [6.07, 6.45) is 1.71. The summed E-state index contributed by atoms with van der Waals surface area (Å²) < 4.78 is 10.8. The number of piperidine rings is 1. The van der Waals surface area contributed by atoms with E-state index in [0.29, 0.717) is 36.1 Å². The predicted octanol–water partition coefficient (Wildman–Crippen LogP) is 4.03. The highest BCUT2D eigenvalue weighted by Crippen LogP contribution is 2.29. The number of hydrogen-bond donors (Lipinski definition) is 1. The van der Waals surface area contributed by atoms with Crippen molar-refractivity contribution in [1.29, 1.82) is 5.26 Å². The number of hydrogen-bond acceptors (Lipinski definition) is 6. The number of carbonyl (C=O) groups is 1. The van der Waals surface area contributed by atoms with Crippen LogP contribution in [0.3, 0.4) is 0 Å². The number of benzene rings is 2. The van der Waals surface area contributed by atoms with Crippen LogP contribution in [0.1, 0.15) is 30.2 Å². The molecule has 4 rings (SSSR count). The second kappa shape index (κ2) is 8.66. The number of carbonyl (C=O) groups excluding carboxylic acids is 1. The lowest BCUT2D eigenvalue weighted by molar-refractivity contribution is 0.184. The van der Waals surface area contributed by atoms with E-state index in [1.54, 1.807) is 36.3 Å². The summed E-state index contributed by atoms with van der Waals surface area (Å²) in [6.45, 7) is 1.14. The Balaban J connectivity index is 1.44. The summed E-state index contributed by atoms with van der Waals surface area (Å²) in [4.78, 5) is 19.0. The maximum atomic E-state index is 12.7. The van der Waals surface area contributed by atoms with Gasteiger partial charge in [-0.1, -0.05) is 23.4 Å². The van der Waals surface area contributed by atoms with E-state index in [2.05, 4.69) is 21.5 Å². The molecule has 8 heteroatoms. The molecule has 8 nitrogen and oxygen atoms in total. The van der Waals surface area contributed by atoms with Crippen molar-refractivity contribution in [2.75, 3.05) is 25.5 Å². The molecule has 1 saturated heterocycles. The van der Waals surface area contributed by atoms with Gasteiger partial charge >= 0.3 is 6.03 Å². The number of rotatable bonds is 4. The average Bonchev–Trinajstić information content (AvgIpc) is 3.30. The lowest BCUT2D eigenvalue weighted by Crippen LogP contribution is -2.41. The number of amides is 2. The maximum absolute atomic E-state index is 12.7. The number of nitrogens with one attached hydrogen (secondary N) is 1. The van der Waals surface area contributed by atoms with E-state index in [-0.39, 0.29) is 11.9 Å². The van der Waals surface area contributed by atoms with Crippen molar-refractivity contribution in [2.45, 2.75) is 18.8 Å². The summed E-state index contributed by atoms with van der Waals surface area (Å²) in [5.74, 6) is 1.72. The van der Waals surface area contributed by atoms with Gasteiger partial charge in [0.1, 0.15) is 5.75 Å². The number of methoxy groups -OCH3 is 1. The molecular weight excluding hydrogens is 382 g/mol. The fourth-order valence-electron chi connectivity index (χ4n) is 3.51. The summed E-state index contributed by atoms with van der Waals surface area (Å²) in [5.41, 5.74) is 1.91. The minimum Gasteiger partial charge on any atom is -0.497 e. The first-order chi connectivity index (χ1) is 14.7. The Bertz CT molecular complexity index is 1090. The summed E-state index contributed by atoms with van der Waals surface area (Å²) in [6, 6.07) is 16.2. The number of nitrogens with zero attached hydrogens (tertiary/aromatic N) is 4. The van der Waals surface area contributed by atoms with E-state index in [1.165, 1.54) is 0 Å². The zero-order chi connectivity index (χ0) is 20.9. The van der Waals surface area contributed by atoms with Gasteiger partial charge in [0.2, 0.25) is 11.7 Å². The van der Waals surface area contributed by atoms with Crippen LogP contribution < -0.4 is 10.1 Å². The first kappa shape index (κ1) is 19.5.